The van der Waals surface area contributed by atoms with Gasteiger partial charge < -0.3 is 9.47 Å². The molecule has 0 radical (unpaired) electrons. The molecule has 5 heteroatoms. The zero-order chi connectivity index (χ0) is 13.8. The number of hydrogen-bond donors (Lipinski definition) is 0. The molecular formula is C14H13F2NO2. The smallest absolute Gasteiger partial charge is 0.184 e. The molecule has 19 heavy (non-hydrogen) atoms. The highest BCUT2D eigenvalue weighted by molar-refractivity contribution is 5.35. The molecule has 0 bridgehead atoms. The van der Waals surface area contributed by atoms with E-state index in [1.807, 2.05) is 0 Å². The SMILES string of the molecule is C=CCC1COC(c2cc(F)c(C#N)c(F)c2)OC1. The fourth-order valence-corrected chi connectivity index (χ4v) is 1.94. The van der Waals surface area contributed by atoms with E-state index in [0.29, 0.717) is 13.2 Å². The molecule has 0 N–H and O–H groups in total. The van der Waals surface area contributed by atoms with Gasteiger partial charge in [0.05, 0.1) is 13.2 Å². The number of halogens is 2. The van der Waals surface area contributed by atoms with Crippen LogP contribution in [0.4, 0.5) is 8.78 Å². The van der Waals surface area contributed by atoms with Gasteiger partial charge in [-0.3, -0.25) is 0 Å². The quantitative estimate of drug-likeness (QED) is 0.789. The van der Waals surface area contributed by atoms with Crippen LogP contribution in [0.2, 0.25) is 0 Å². The molecule has 0 amide bonds. The molecule has 0 atom stereocenters. The molecule has 1 saturated heterocycles. The summed E-state index contributed by atoms with van der Waals surface area (Å²) in [5.41, 5.74) is -0.352. The molecule has 0 unspecified atom stereocenters. The van der Waals surface area contributed by atoms with Crippen LogP contribution < -0.4 is 0 Å². The minimum atomic E-state index is -0.905. The Morgan fingerprint density at radius 2 is 1.89 bits per heavy atom. The molecule has 1 aliphatic heterocycles. The summed E-state index contributed by atoms with van der Waals surface area (Å²) in [6.45, 7) is 4.52. The van der Waals surface area contributed by atoms with Crippen LogP contribution in [0.5, 0.6) is 0 Å². The molecule has 3 nitrogen and oxygen atoms in total. The lowest BCUT2D eigenvalue weighted by atomic mass is 10.1. The number of allylic oxidation sites excluding steroid dienone is 1. The van der Waals surface area contributed by atoms with Crippen molar-refractivity contribution in [3.8, 4) is 6.07 Å². The average Bonchev–Trinajstić information content (AvgIpc) is 2.39. The van der Waals surface area contributed by atoms with Gasteiger partial charge in [0.15, 0.2) is 6.29 Å². The average molecular weight is 265 g/mol. The highest BCUT2D eigenvalue weighted by Gasteiger charge is 2.24. The van der Waals surface area contributed by atoms with Gasteiger partial charge >= 0.3 is 0 Å². The second-order valence-electron chi connectivity index (χ2n) is 4.36. The third kappa shape index (κ3) is 2.98. The van der Waals surface area contributed by atoms with E-state index >= 15 is 0 Å². The van der Waals surface area contributed by atoms with Gasteiger partial charge in [-0.05, 0) is 18.6 Å². The van der Waals surface area contributed by atoms with Crippen molar-refractivity contribution in [3.05, 3.63) is 47.5 Å². The summed E-state index contributed by atoms with van der Waals surface area (Å²) in [4.78, 5) is 0. The van der Waals surface area contributed by atoms with E-state index in [9.17, 15) is 8.78 Å². The van der Waals surface area contributed by atoms with Gasteiger partial charge in [0.2, 0.25) is 0 Å². The van der Waals surface area contributed by atoms with Crippen LogP contribution >= 0.6 is 0 Å². The Morgan fingerprint density at radius 3 is 2.37 bits per heavy atom. The summed E-state index contributed by atoms with van der Waals surface area (Å²) < 4.78 is 37.8. The molecule has 0 saturated carbocycles. The first-order valence-corrected chi connectivity index (χ1v) is 5.88. The first-order chi connectivity index (χ1) is 9.15. The Balaban J connectivity index is 2.12. The fourth-order valence-electron chi connectivity index (χ4n) is 1.94. The molecule has 1 fully saturated rings. The molecule has 1 aromatic rings. The van der Waals surface area contributed by atoms with Crippen LogP contribution in [-0.2, 0) is 9.47 Å². The van der Waals surface area contributed by atoms with Gasteiger partial charge in [-0.1, -0.05) is 6.08 Å². The normalized spacial score (nSPS) is 22.8. The van der Waals surface area contributed by atoms with Crippen LogP contribution in [0.1, 0.15) is 23.8 Å². The van der Waals surface area contributed by atoms with Crippen LogP contribution in [0.15, 0.2) is 24.8 Å². The molecule has 1 aliphatic rings. The number of nitrogens with zero attached hydrogens (tertiary/aromatic N) is 1. The molecule has 1 aromatic carbocycles. The first-order valence-electron chi connectivity index (χ1n) is 5.88. The zero-order valence-corrected chi connectivity index (χ0v) is 10.2. The molecule has 100 valence electrons. The van der Waals surface area contributed by atoms with Crippen molar-refractivity contribution < 1.29 is 18.3 Å². The predicted molar refractivity (Wildman–Crippen MR) is 64.0 cm³/mol. The molecular weight excluding hydrogens is 252 g/mol. The molecule has 0 aliphatic carbocycles. The Morgan fingerprint density at radius 1 is 1.32 bits per heavy atom. The maximum absolute atomic E-state index is 13.5. The van der Waals surface area contributed by atoms with Crippen molar-refractivity contribution >= 4 is 0 Å². The van der Waals surface area contributed by atoms with E-state index in [0.717, 1.165) is 18.6 Å². The topological polar surface area (TPSA) is 42.2 Å². The molecule has 2 rings (SSSR count). The van der Waals surface area contributed by atoms with Gasteiger partial charge in [-0.25, -0.2) is 8.78 Å². The van der Waals surface area contributed by atoms with Crippen molar-refractivity contribution in [2.45, 2.75) is 12.7 Å². The van der Waals surface area contributed by atoms with Crippen molar-refractivity contribution in [2.24, 2.45) is 5.92 Å². The highest BCUT2D eigenvalue weighted by atomic mass is 19.1. The van der Waals surface area contributed by atoms with Gasteiger partial charge in [0, 0.05) is 11.5 Å². The summed E-state index contributed by atoms with van der Waals surface area (Å²) >= 11 is 0. The standard InChI is InChI=1S/C14H13F2NO2/c1-2-3-9-7-18-14(19-8-9)10-4-12(15)11(6-17)13(16)5-10/h2,4-5,9,14H,1,3,7-8H2. The Kier molecular flexibility index (Phi) is 4.25. The Bertz CT molecular complexity index is 494. The number of nitriles is 1. The Labute approximate surface area is 110 Å². The highest BCUT2D eigenvalue weighted by Crippen LogP contribution is 2.28. The maximum Gasteiger partial charge on any atom is 0.184 e. The monoisotopic (exact) mass is 265 g/mol. The Hall–Kier alpha value is -1.77. The molecule has 0 aromatic heterocycles. The third-order valence-electron chi connectivity index (χ3n) is 2.92. The largest absolute Gasteiger partial charge is 0.348 e. The van der Waals surface area contributed by atoms with Gasteiger partial charge in [-0.2, -0.15) is 5.26 Å². The summed E-state index contributed by atoms with van der Waals surface area (Å²) in [7, 11) is 0. The van der Waals surface area contributed by atoms with Crippen LogP contribution in [0.25, 0.3) is 0 Å². The summed E-state index contributed by atoms with van der Waals surface area (Å²) in [5, 5.41) is 8.59. The number of rotatable bonds is 3. The van der Waals surface area contributed by atoms with E-state index in [4.69, 9.17) is 14.7 Å². The van der Waals surface area contributed by atoms with E-state index in [2.05, 4.69) is 6.58 Å². The lowest BCUT2D eigenvalue weighted by Gasteiger charge is -2.29. The predicted octanol–water partition coefficient (Wildman–Crippen LogP) is 3.07. The van der Waals surface area contributed by atoms with Crippen LogP contribution in [0, 0.1) is 28.9 Å². The second kappa shape index (κ2) is 5.91. The van der Waals surface area contributed by atoms with Crippen molar-refractivity contribution in [1.82, 2.24) is 0 Å². The lowest BCUT2D eigenvalue weighted by molar-refractivity contribution is -0.204. The van der Waals surface area contributed by atoms with Crippen molar-refractivity contribution in [1.29, 1.82) is 5.26 Å². The van der Waals surface area contributed by atoms with Crippen LogP contribution in [-0.4, -0.2) is 13.2 Å². The number of benzene rings is 1. The van der Waals surface area contributed by atoms with E-state index in [1.165, 1.54) is 6.07 Å². The van der Waals surface area contributed by atoms with E-state index < -0.39 is 23.5 Å². The van der Waals surface area contributed by atoms with E-state index in [1.54, 1.807) is 6.08 Å². The van der Waals surface area contributed by atoms with Crippen molar-refractivity contribution in [3.63, 3.8) is 0 Å². The number of ether oxygens (including phenoxy) is 2. The van der Waals surface area contributed by atoms with Gasteiger partial charge in [-0.15, -0.1) is 6.58 Å². The zero-order valence-electron chi connectivity index (χ0n) is 10.2. The summed E-state index contributed by atoms with van der Waals surface area (Å²) in [6.07, 6.45) is 1.75. The van der Waals surface area contributed by atoms with Gasteiger partial charge in [0.1, 0.15) is 23.3 Å². The minimum absolute atomic E-state index is 0.210. The van der Waals surface area contributed by atoms with E-state index in [-0.39, 0.29) is 11.5 Å². The van der Waals surface area contributed by atoms with Gasteiger partial charge in [0.25, 0.3) is 0 Å². The maximum atomic E-state index is 13.5. The lowest BCUT2D eigenvalue weighted by Crippen LogP contribution is -2.26. The number of hydrogen-bond acceptors (Lipinski definition) is 3. The summed E-state index contributed by atoms with van der Waals surface area (Å²) in [5.74, 6) is -1.60. The third-order valence-corrected chi connectivity index (χ3v) is 2.92. The summed E-state index contributed by atoms with van der Waals surface area (Å²) in [6, 6.07) is 3.61. The minimum Gasteiger partial charge on any atom is -0.348 e. The van der Waals surface area contributed by atoms with Crippen LogP contribution in [0.3, 0.4) is 0 Å². The fraction of sp³-hybridized carbons (Fsp3) is 0.357. The first kappa shape index (κ1) is 13.7. The second-order valence-corrected chi connectivity index (χ2v) is 4.36. The van der Waals surface area contributed by atoms with Crippen molar-refractivity contribution in [2.75, 3.05) is 13.2 Å². The molecule has 0 spiro atoms. The molecule has 1 heterocycles.